The number of amides is 2. The Morgan fingerprint density at radius 2 is 1.97 bits per heavy atom. The second kappa shape index (κ2) is 10.8. The Morgan fingerprint density at radius 1 is 1.11 bits per heavy atom. The highest BCUT2D eigenvalue weighted by Crippen LogP contribution is 2.30. The largest absolute Gasteiger partial charge is 0.479 e. The maximum Gasteiger partial charge on any atom is 0.434 e. The van der Waals surface area contributed by atoms with Crippen LogP contribution in [0.3, 0.4) is 0 Å². The summed E-state index contributed by atoms with van der Waals surface area (Å²) in [4.78, 5) is 48.2. The van der Waals surface area contributed by atoms with Gasteiger partial charge in [-0.1, -0.05) is 24.8 Å². The van der Waals surface area contributed by atoms with Crippen LogP contribution in [0.15, 0.2) is 67.5 Å². The molecule has 2 amide bonds. The number of nitrogens with zero attached hydrogens (tertiary/aromatic N) is 5. The van der Waals surface area contributed by atoms with Crippen LogP contribution >= 0.6 is 0 Å². The molecule has 0 unspecified atom stereocenters. The van der Waals surface area contributed by atoms with E-state index < -0.39 is 6.09 Å². The molecule has 1 aliphatic rings. The second-order valence-electron chi connectivity index (χ2n) is 8.25. The molecule has 4 aromatic rings. The summed E-state index contributed by atoms with van der Waals surface area (Å²) in [5, 5.41) is 6.67. The Kier molecular flexibility index (Phi) is 6.93. The molecule has 5 rings (SSSR count). The SMILES string of the molecule is C=CC(=O)Nc1ccnc(-c2cccc3cnc(Nc4ccc(NOC(=O)N5CCC5)nc4OC)nc23)c1. The number of anilines is 4. The van der Waals surface area contributed by atoms with E-state index in [0.717, 1.165) is 17.4 Å². The molecule has 0 spiro atoms. The average Bonchev–Trinajstić information content (AvgIpc) is 2.91. The predicted octanol–water partition coefficient (Wildman–Crippen LogP) is 4.13. The normalized spacial score (nSPS) is 12.3. The molecule has 3 aromatic heterocycles. The van der Waals surface area contributed by atoms with Crippen molar-refractivity contribution >= 4 is 46.0 Å². The van der Waals surface area contributed by atoms with Crippen molar-refractivity contribution in [2.75, 3.05) is 36.3 Å². The monoisotopic (exact) mass is 512 g/mol. The molecule has 12 nitrogen and oxygen atoms in total. The van der Waals surface area contributed by atoms with E-state index in [2.05, 4.69) is 37.6 Å². The summed E-state index contributed by atoms with van der Waals surface area (Å²) in [6.45, 7) is 4.84. The summed E-state index contributed by atoms with van der Waals surface area (Å²) in [6.07, 6.45) is 5.02. The lowest BCUT2D eigenvalue weighted by Gasteiger charge is -2.29. The van der Waals surface area contributed by atoms with Crippen LogP contribution < -0.4 is 20.9 Å². The molecule has 0 saturated carbocycles. The van der Waals surface area contributed by atoms with E-state index in [1.165, 1.54) is 13.2 Å². The van der Waals surface area contributed by atoms with Crippen LogP contribution in [-0.4, -0.2) is 57.0 Å². The standard InChI is InChI=1S/C26H24N8O4/c1-3-22(35)29-17-10-11-27-20(14-17)18-7-4-6-16-15-28-25(32-23(16)18)30-19-8-9-21(31-24(19)37-2)33-38-26(36)34-12-5-13-34/h3-4,6-11,14-15H,1,5,12-13H2,2H3,(H,31,33)(H,27,29,35)(H,28,30,32). The van der Waals surface area contributed by atoms with E-state index in [9.17, 15) is 9.59 Å². The Hall–Kier alpha value is -5.26. The summed E-state index contributed by atoms with van der Waals surface area (Å²) < 4.78 is 5.41. The minimum absolute atomic E-state index is 0.249. The smallest absolute Gasteiger partial charge is 0.434 e. The fourth-order valence-corrected chi connectivity index (χ4v) is 3.70. The van der Waals surface area contributed by atoms with Gasteiger partial charge in [0, 0.05) is 42.1 Å². The zero-order valence-electron chi connectivity index (χ0n) is 20.5. The van der Waals surface area contributed by atoms with Crippen LogP contribution in [-0.2, 0) is 9.63 Å². The first-order valence-corrected chi connectivity index (χ1v) is 11.7. The van der Waals surface area contributed by atoms with Crippen molar-refractivity contribution in [1.82, 2.24) is 24.8 Å². The maximum absolute atomic E-state index is 11.9. The first-order valence-electron chi connectivity index (χ1n) is 11.7. The van der Waals surface area contributed by atoms with Crippen LogP contribution in [0.1, 0.15) is 6.42 Å². The molecule has 4 heterocycles. The minimum atomic E-state index is -0.456. The number of benzene rings is 1. The highest BCUT2D eigenvalue weighted by atomic mass is 16.7. The van der Waals surface area contributed by atoms with E-state index in [-0.39, 0.29) is 11.8 Å². The molecule has 0 bridgehead atoms. The van der Waals surface area contributed by atoms with Crippen molar-refractivity contribution in [1.29, 1.82) is 0 Å². The molecule has 1 aromatic carbocycles. The summed E-state index contributed by atoms with van der Waals surface area (Å²) in [6, 6.07) is 12.5. The van der Waals surface area contributed by atoms with Gasteiger partial charge >= 0.3 is 6.09 Å². The first-order chi connectivity index (χ1) is 18.5. The number of para-hydroxylation sites is 1. The van der Waals surface area contributed by atoms with Crippen molar-refractivity contribution in [3.05, 3.63) is 67.5 Å². The van der Waals surface area contributed by atoms with Crippen LogP contribution in [0, 0.1) is 0 Å². The van der Waals surface area contributed by atoms with E-state index in [1.54, 1.807) is 41.6 Å². The number of hydrogen-bond donors (Lipinski definition) is 3. The Balaban J connectivity index is 1.38. The number of methoxy groups -OCH3 is 1. The number of aromatic nitrogens is 4. The number of nitrogens with one attached hydrogen (secondary N) is 3. The van der Waals surface area contributed by atoms with E-state index in [1.807, 2.05) is 18.2 Å². The number of fused-ring (bicyclic) bond motifs is 1. The molecular weight excluding hydrogens is 488 g/mol. The summed E-state index contributed by atoms with van der Waals surface area (Å²) in [5.41, 5.74) is 5.70. The molecule has 0 radical (unpaired) electrons. The fraction of sp³-hybridized carbons (Fsp3) is 0.154. The average molecular weight is 513 g/mol. The van der Waals surface area contributed by atoms with Crippen LogP contribution in [0.25, 0.3) is 22.2 Å². The molecule has 38 heavy (non-hydrogen) atoms. The number of carbonyl (C=O) groups excluding carboxylic acids is 2. The van der Waals surface area contributed by atoms with Gasteiger partial charge in [-0.3, -0.25) is 9.78 Å². The van der Waals surface area contributed by atoms with Gasteiger partial charge in [-0.25, -0.2) is 14.8 Å². The lowest BCUT2D eigenvalue weighted by Crippen LogP contribution is -2.43. The number of hydrogen-bond acceptors (Lipinski definition) is 10. The summed E-state index contributed by atoms with van der Waals surface area (Å²) >= 11 is 0. The van der Waals surface area contributed by atoms with Crippen molar-refractivity contribution < 1.29 is 19.2 Å². The van der Waals surface area contributed by atoms with Crippen LogP contribution in [0.2, 0.25) is 0 Å². The fourth-order valence-electron chi connectivity index (χ4n) is 3.70. The third-order valence-electron chi connectivity index (χ3n) is 5.76. The van der Waals surface area contributed by atoms with E-state index >= 15 is 0 Å². The number of likely N-dealkylation sites (tertiary alicyclic amines) is 1. The van der Waals surface area contributed by atoms with Gasteiger partial charge in [-0.2, -0.15) is 10.5 Å². The first kappa shape index (κ1) is 24.4. The number of carbonyl (C=O) groups is 2. The van der Waals surface area contributed by atoms with Crippen LogP contribution in [0.4, 0.5) is 27.9 Å². The second-order valence-corrected chi connectivity index (χ2v) is 8.25. The van der Waals surface area contributed by atoms with Gasteiger partial charge < -0.3 is 25.1 Å². The Morgan fingerprint density at radius 3 is 2.74 bits per heavy atom. The number of rotatable bonds is 8. The molecule has 1 fully saturated rings. The molecule has 1 aliphatic heterocycles. The lowest BCUT2D eigenvalue weighted by atomic mass is 10.1. The van der Waals surface area contributed by atoms with Gasteiger partial charge in [-0.05, 0) is 36.8 Å². The predicted molar refractivity (Wildman–Crippen MR) is 142 cm³/mol. The van der Waals surface area contributed by atoms with Crippen molar-refractivity contribution in [3.8, 4) is 17.1 Å². The third kappa shape index (κ3) is 5.28. The van der Waals surface area contributed by atoms with E-state index in [0.29, 0.717) is 47.4 Å². The molecular formula is C26H24N8O4. The lowest BCUT2D eigenvalue weighted by molar-refractivity contribution is -0.111. The van der Waals surface area contributed by atoms with Crippen molar-refractivity contribution in [3.63, 3.8) is 0 Å². The quantitative estimate of drug-likeness (QED) is 0.233. The van der Waals surface area contributed by atoms with Gasteiger partial charge in [0.05, 0.1) is 18.3 Å². The summed E-state index contributed by atoms with van der Waals surface area (Å²) in [7, 11) is 1.48. The molecule has 192 valence electrons. The third-order valence-corrected chi connectivity index (χ3v) is 5.76. The highest BCUT2D eigenvalue weighted by Gasteiger charge is 2.22. The molecule has 12 heteroatoms. The zero-order chi connectivity index (χ0) is 26.5. The van der Waals surface area contributed by atoms with Gasteiger partial charge in [0.15, 0.2) is 5.82 Å². The molecule has 3 N–H and O–H groups in total. The maximum atomic E-state index is 11.9. The van der Waals surface area contributed by atoms with Crippen molar-refractivity contribution in [2.24, 2.45) is 0 Å². The minimum Gasteiger partial charge on any atom is -0.479 e. The Bertz CT molecular complexity index is 1520. The number of ether oxygens (including phenoxy) is 1. The Labute approximate surface area is 217 Å². The molecule has 1 saturated heterocycles. The van der Waals surface area contributed by atoms with Crippen molar-refractivity contribution in [2.45, 2.75) is 6.42 Å². The molecule has 0 aliphatic carbocycles. The van der Waals surface area contributed by atoms with E-state index in [4.69, 9.17) is 14.6 Å². The number of pyridine rings is 2. The summed E-state index contributed by atoms with van der Waals surface area (Å²) in [5.74, 6) is 0.551. The topological polar surface area (TPSA) is 143 Å². The van der Waals surface area contributed by atoms with Gasteiger partial charge in [-0.15, -0.1) is 0 Å². The van der Waals surface area contributed by atoms with Gasteiger partial charge in [0.2, 0.25) is 17.7 Å². The molecule has 0 atom stereocenters. The van der Waals surface area contributed by atoms with Gasteiger partial charge in [0.25, 0.3) is 0 Å². The zero-order valence-corrected chi connectivity index (χ0v) is 20.5. The van der Waals surface area contributed by atoms with Crippen LogP contribution in [0.5, 0.6) is 5.88 Å². The van der Waals surface area contributed by atoms with Gasteiger partial charge in [0.1, 0.15) is 5.69 Å². The highest BCUT2D eigenvalue weighted by molar-refractivity contribution is 5.99.